The van der Waals surface area contributed by atoms with E-state index in [1.165, 1.54) is 13.2 Å². The summed E-state index contributed by atoms with van der Waals surface area (Å²) in [4.78, 5) is 10.1. The van der Waals surface area contributed by atoms with E-state index >= 15 is 0 Å². The topological polar surface area (TPSA) is 79.4 Å². The first-order valence-corrected chi connectivity index (χ1v) is 13.2. The second kappa shape index (κ2) is 9.73. The largest absolute Gasteiger partial charge is 0.479 e. The summed E-state index contributed by atoms with van der Waals surface area (Å²) in [6.07, 6.45) is -1.21. The summed E-state index contributed by atoms with van der Waals surface area (Å²) in [6.45, 7) is 13.9. The smallest absolute Gasteiger partial charge is 0.319 e. The fourth-order valence-corrected chi connectivity index (χ4v) is 6.57. The molecule has 0 unspecified atom stereocenters. The molecule has 0 radical (unpaired) electrons. The molecular weight excluding hydrogens is 534 g/mol. The van der Waals surface area contributed by atoms with Gasteiger partial charge in [-0.2, -0.15) is 0 Å². The van der Waals surface area contributed by atoms with E-state index in [-0.39, 0.29) is 23.2 Å². The number of aromatic nitrogens is 1. The van der Waals surface area contributed by atoms with Crippen molar-refractivity contribution in [3.05, 3.63) is 93.2 Å². The van der Waals surface area contributed by atoms with Crippen LogP contribution in [0.15, 0.2) is 65.1 Å². The zero-order chi connectivity index (χ0) is 26.4. The minimum absolute atomic E-state index is 0.0827. The van der Waals surface area contributed by atoms with Crippen LogP contribution < -0.4 is 9.47 Å². The molecule has 0 spiro atoms. The van der Waals surface area contributed by atoms with Gasteiger partial charge in [0.25, 0.3) is 5.82 Å². The van der Waals surface area contributed by atoms with Crippen molar-refractivity contribution >= 4 is 21.7 Å². The third-order valence-corrected chi connectivity index (χ3v) is 8.49. The number of pyridine rings is 1. The Morgan fingerprint density at radius 2 is 1.81 bits per heavy atom. The summed E-state index contributed by atoms with van der Waals surface area (Å²) in [5.74, 6) is -0.335. The number of aliphatic hydroxyl groups is 2. The predicted octanol–water partition coefficient (Wildman–Crippen LogP) is 5.00. The van der Waals surface area contributed by atoms with Gasteiger partial charge >= 0.3 is 5.88 Å². The van der Waals surface area contributed by atoms with Crippen molar-refractivity contribution in [2.75, 3.05) is 26.7 Å². The van der Waals surface area contributed by atoms with Crippen molar-refractivity contribution in [1.29, 1.82) is 0 Å². The Hall–Kier alpha value is -2.96. The molecule has 1 saturated carbocycles. The van der Waals surface area contributed by atoms with Crippen molar-refractivity contribution in [2.45, 2.75) is 37.1 Å². The van der Waals surface area contributed by atoms with Gasteiger partial charge in [0.1, 0.15) is 11.3 Å². The maximum atomic E-state index is 12.9. The van der Waals surface area contributed by atoms with Gasteiger partial charge in [0.15, 0.2) is 11.2 Å². The minimum Gasteiger partial charge on any atom is -0.479 e. The quantitative estimate of drug-likeness (QED) is 0.394. The highest BCUT2D eigenvalue weighted by molar-refractivity contribution is 9.10. The Bertz CT molecular complexity index is 1330. The van der Waals surface area contributed by atoms with E-state index < -0.39 is 23.2 Å². The summed E-state index contributed by atoms with van der Waals surface area (Å²) in [7, 11) is 1.45. The van der Waals surface area contributed by atoms with Crippen molar-refractivity contribution in [3.63, 3.8) is 0 Å². The van der Waals surface area contributed by atoms with Crippen LogP contribution in [0.4, 0.5) is 5.82 Å². The fraction of sp³-hybridized carbons (Fsp3) is 0.379. The first-order chi connectivity index (χ1) is 17.8. The number of methoxy groups -OCH3 is 1. The molecule has 2 aromatic carbocycles. The summed E-state index contributed by atoms with van der Waals surface area (Å²) in [6, 6.07) is 19.1. The maximum absolute atomic E-state index is 12.9. The second-order valence-electron chi connectivity index (χ2n) is 9.57. The van der Waals surface area contributed by atoms with Crippen LogP contribution in [0.5, 0.6) is 11.6 Å². The van der Waals surface area contributed by atoms with Crippen LogP contribution in [0.3, 0.4) is 0 Å². The lowest BCUT2D eigenvalue weighted by Crippen LogP contribution is -2.52. The average Bonchev–Trinajstić information content (AvgIpc) is 3.29. The SMILES string of the molecule is [C-]#[N+]c1cc2c(c(OC)n1)[C@]1(O)[C@H](O)[C@H](CN(CC)CC)[C@@H](c3ccccc3)[C@]1(c1ccc(Br)cc1)O2. The molecule has 1 aliphatic heterocycles. The number of hydrogen-bond donors (Lipinski definition) is 2. The number of fused-ring (bicyclic) bond motifs is 3. The highest BCUT2D eigenvalue weighted by Crippen LogP contribution is 2.70. The van der Waals surface area contributed by atoms with Gasteiger partial charge in [0.2, 0.25) is 0 Å². The standard InChI is InChI=1S/C29H30BrN3O4/c1-5-33(6-2)17-21-24(18-10-8-7-9-11-18)29(19-12-14-20(30)15-13-19)28(35,26(21)34)25-22(37-29)16-23(31-3)32-27(25)36-4/h7-16,21,24,26,34-35H,5-6,17H2,1-2,4H3/t21-,24-,26-,28+,29+/m1/s1. The highest BCUT2D eigenvalue weighted by Gasteiger charge is 2.77. The van der Waals surface area contributed by atoms with Gasteiger partial charge in [-0.05, 0) is 36.3 Å². The van der Waals surface area contributed by atoms with E-state index in [1.807, 2.05) is 54.6 Å². The average molecular weight is 564 g/mol. The van der Waals surface area contributed by atoms with Crippen LogP contribution in [0.25, 0.3) is 4.85 Å². The lowest BCUT2D eigenvalue weighted by molar-refractivity contribution is -0.152. The van der Waals surface area contributed by atoms with Gasteiger partial charge in [0, 0.05) is 28.9 Å². The van der Waals surface area contributed by atoms with E-state index in [9.17, 15) is 10.2 Å². The molecule has 37 heavy (non-hydrogen) atoms. The van der Waals surface area contributed by atoms with Crippen molar-refractivity contribution < 1.29 is 19.7 Å². The Morgan fingerprint density at radius 1 is 1.14 bits per heavy atom. The Labute approximate surface area is 225 Å². The van der Waals surface area contributed by atoms with Gasteiger partial charge in [-0.3, -0.25) is 0 Å². The molecule has 0 saturated heterocycles. The van der Waals surface area contributed by atoms with Crippen molar-refractivity contribution in [2.24, 2.45) is 5.92 Å². The van der Waals surface area contributed by atoms with E-state index in [4.69, 9.17) is 16.0 Å². The summed E-state index contributed by atoms with van der Waals surface area (Å²) >= 11 is 3.52. The van der Waals surface area contributed by atoms with Crippen LogP contribution in [0.2, 0.25) is 0 Å². The molecule has 8 heteroatoms. The fourth-order valence-electron chi connectivity index (χ4n) is 6.31. The molecule has 2 aliphatic rings. The van der Waals surface area contributed by atoms with E-state index in [2.05, 4.69) is 44.5 Å². The molecule has 0 bridgehead atoms. The molecule has 7 nitrogen and oxygen atoms in total. The van der Waals surface area contributed by atoms with Crippen LogP contribution in [-0.2, 0) is 11.2 Å². The molecule has 1 fully saturated rings. The van der Waals surface area contributed by atoms with Gasteiger partial charge in [-0.25, -0.2) is 0 Å². The number of hydrogen-bond acceptors (Lipinski definition) is 6. The number of halogens is 1. The number of rotatable bonds is 7. The molecular formula is C29H30BrN3O4. The van der Waals surface area contributed by atoms with Crippen LogP contribution in [-0.4, -0.2) is 52.9 Å². The lowest BCUT2D eigenvalue weighted by atomic mass is 9.71. The molecule has 3 aromatic rings. The Balaban J connectivity index is 1.85. The van der Waals surface area contributed by atoms with E-state index in [1.54, 1.807) is 0 Å². The third-order valence-electron chi connectivity index (χ3n) is 7.96. The minimum atomic E-state index is -1.90. The highest BCUT2D eigenvalue weighted by atomic mass is 79.9. The first kappa shape index (κ1) is 25.7. The monoisotopic (exact) mass is 563 g/mol. The summed E-state index contributed by atoms with van der Waals surface area (Å²) < 4.78 is 13.3. The Kier molecular flexibility index (Phi) is 6.75. The predicted molar refractivity (Wildman–Crippen MR) is 144 cm³/mol. The first-order valence-electron chi connectivity index (χ1n) is 12.4. The van der Waals surface area contributed by atoms with Crippen LogP contribution in [0, 0.1) is 12.5 Å². The third kappa shape index (κ3) is 3.68. The number of nitrogens with zero attached hydrogens (tertiary/aromatic N) is 3. The number of aliphatic hydroxyl groups excluding tert-OH is 1. The van der Waals surface area contributed by atoms with Gasteiger partial charge in [0.05, 0.1) is 13.2 Å². The maximum Gasteiger partial charge on any atom is 0.319 e. The van der Waals surface area contributed by atoms with Gasteiger partial charge in [-0.15, -0.1) is 0 Å². The zero-order valence-electron chi connectivity index (χ0n) is 21.1. The second-order valence-corrected chi connectivity index (χ2v) is 10.5. The van der Waals surface area contributed by atoms with E-state index in [0.717, 1.165) is 28.7 Å². The van der Waals surface area contributed by atoms with Crippen molar-refractivity contribution in [1.82, 2.24) is 9.88 Å². The summed E-state index contributed by atoms with van der Waals surface area (Å²) in [5, 5.41) is 25.0. The number of benzene rings is 2. The molecule has 1 aromatic heterocycles. The summed E-state index contributed by atoms with van der Waals surface area (Å²) in [5.41, 5.74) is -1.35. The van der Waals surface area contributed by atoms with E-state index in [0.29, 0.717) is 12.3 Å². The molecule has 1 aliphatic carbocycles. The van der Waals surface area contributed by atoms with Gasteiger partial charge in [-0.1, -0.05) is 83.8 Å². The molecule has 2 heterocycles. The Morgan fingerprint density at radius 3 is 2.41 bits per heavy atom. The van der Waals surface area contributed by atoms with Gasteiger partial charge < -0.3 is 29.4 Å². The molecule has 0 amide bonds. The lowest BCUT2D eigenvalue weighted by Gasteiger charge is -2.41. The molecule has 5 atom stereocenters. The molecule has 192 valence electrons. The number of ether oxygens (including phenoxy) is 2. The van der Waals surface area contributed by atoms with Crippen molar-refractivity contribution in [3.8, 4) is 11.6 Å². The molecule has 5 rings (SSSR count). The zero-order valence-corrected chi connectivity index (χ0v) is 22.6. The van der Waals surface area contributed by atoms with Crippen LogP contribution >= 0.6 is 15.9 Å². The normalized spacial score (nSPS) is 27.9. The van der Waals surface area contributed by atoms with Crippen LogP contribution in [0.1, 0.15) is 36.5 Å². The molecule has 2 N–H and O–H groups in total.